The summed E-state index contributed by atoms with van der Waals surface area (Å²) >= 11 is 0. The van der Waals surface area contributed by atoms with Crippen molar-refractivity contribution in [3.8, 4) is 5.75 Å². The number of fused-ring (bicyclic) bond motifs is 2. The number of nitrogens with zero attached hydrogens (tertiary/aromatic N) is 2. The van der Waals surface area contributed by atoms with Crippen LogP contribution in [0.1, 0.15) is 24.3 Å². The van der Waals surface area contributed by atoms with Crippen LogP contribution < -0.4 is 9.64 Å². The Kier molecular flexibility index (Phi) is 3.59. The smallest absolute Gasteiger partial charge is 0.203 e. The number of aromatic amines is 2. The first-order valence-electron chi connectivity index (χ1n) is 9.16. The summed E-state index contributed by atoms with van der Waals surface area (Å²) in [6.07, 6.45) is 4.42. The molecule has 0 unspecified atom stereocenters. The lowest BCUT2D eigenvalue weighted by molar-refractivity contribution is 0.415. The van der Waals surface area contributed by atoms with E-state index < -0.39 is 0 Å². The van der Waals surface area contributed by atoms with Crippen molar-refractivity contribution in [1.82, 2.24) is 15.0 Å². The van der Waals surface area contributed by atoms with E-state index in [2.05, 4.69) is 45.3 Å². The third-order valence-electron chi connectivity index (χ3n) is 5.53. The molecule has 5 nitrogen and oxygen atoms in total. The van der Waals surface area contributed by atoms with Gasteiger partial charge in [-0.25, -0.2) is 4.98 Å². The van der Waals surface area contributed by atoms with E-state index in [-0.39, 0.29) is 0 Å². The zero-order chi connectivity index (χ0) is 17.5. The second-order valence-corrected chi connectivity index (χ2v) is 6.99. The number of para-hydroxylation sites is 2. The molecule has 0 amide bonds. The summed E-state index contributed by atoms with van der Waals surface area (Å²) in [6.45, 7) is 2.03. The SMILES string of the molecule is COc1ccc2[nH]cc(C3CCN(c4nc5ccccc5[nH]4)CC3)c2c1. The molecule has 0 saturated carbocycles. The number of nitrogens with one attached hydrogen (secondary N) is 2. The number of H-pyrrole nitrogens is 2. The molecule has 4 aromatic rings. The molecule has 1 aliphatic rings. The molecule has 1 fully saturated rings. The van der Waals surface area contributed by atoms with Gasteiger partial charge in [-0.1, -0.05) is 12.1 Å². The largest absolute Gasteiger partial charge is 0.497 e. The van der Waals surface area contributed by atoms with Crippen molar-refractivity contribution in [3.05, 3.63) is 54.2 Å². The maximum Gasteiger partial charge on any atom is 0.203 e. The van der Waals surface area contributed by atoms with E-state index in [1.165, 1.54) is 16.5 Å². The molecule has 5 heteroatoms. The van der Waals surface area contributed by atoms with Gasteiger partial charge in [0.2, 0.25) is 5.95 Å². The number of hydrogen-bond acceptors (Lipinski definition) is 3. The Labute approximate surface area is 152 Å². The first-order chi connectivity index (χ1) is 12.8. The quantitative estimate of drug-likeness (QED) is 0.577. The Morgan fingerprint density at radius 2 is 1.92 bits per heavy atom. The highest BCUT2D eigenvalue weighted by atomic mass is 16.5. The average molecular weight is 346 g/mol. The Morgan fingerprint density at radius 3 is 2.73 bits per heavy atom. The molecule has 132 valence electrons. The fourth-order valence-corrected chi connectivity index (χ4v) is 4.08. The molecule has 2 aromatic heterocycles. The van der Waals surface area contributed by atoms with Gasteiger partial charge in [0.05, 0.1) is 18.1 Å². The summed E-state index contributed by atoms with van der Waals surface area (Å²) < 4.78 is 5.40. The van der Waals surface area contributed by atoms with Crippen LogP contribution in [0.25, 0.3) is 21.9 Å². The van der Waals surface area contributed by atoms with Gasteiger partial charge in [0, 0.05) is 30.2 Å². The lowest BCUT2D eigenvalue weighted by atomic mass is 9.89. The summed E-state index contributed by atoms with van der Waals surface area (Å²) in [5.41, 5.74) is 4.73. The summed E-state index contributed by atoms with van der Waals surface area (Å²) in [5.74, 6) is 2.47. The van der Waals surface area contributed by atoms with Crippen LogP contribution in [0.5, 0.6) is 5.75 Å². The molecule has 0 aliphatic carbocycles. The van der Waals surface area contributed by atoms with Crippen LogP contribution in [0.2, 0.25) is 0 Å². The molecule has 2 aromatic carbocycles. The van der Waals surface area contributed by atoms with Crippen molar-refractivity contribution in [2.45, 2.75) is 18.8 Å². The van der Waals surface area contributed by atoms with Crippen LogP contribution in [0.15, 0.2) is 48.7 Å². The van der Waals surface area contributed by atoms with E-state index in [9.17, 15) is 0 Å². The van der Waals surface area contributed by atoms with Crippen molar-refractivity contribution in [1.29, 1.82) is 0 Å². The number of rotatable bonds is 3. The van der Waals surface area contributed by atoms with Crippen molar-refractivity contribution in [3.63, 3.8) is 0 Å². The molecule has 0 radical (unpaired) electrons. The van der Waals surface area contributed by atoms with E-state index in [1.807, 2.05) is 18.2 Å². The van der Waals surface area contributed by atoms with Crippen molar-refractivity contribution >= 4 is 27.9 Å². The molecular formula is C21H22N4O. The molecular weight excluding hydrogens is 324 g/mol. The fourth-order valence-electron chi connectivity index (χ4n) is 4.08. The summed E-state index contributed by atoms with van der Waals surface area (Å²) in [5, 5.41) is 1.28. The Balaban J connectivity index is 1.37. The second kappa shape index (κ2) is 6.09. The van der Waals surface area contributed by atoms with Gasteiger partial charge in [-0.3, -0.25) is 0 Å². The van der Waals surface area contributed by atoms with Gasteiger partial charge in [-0.15, -0.1) is 0 Å². The lowest BCUT2D eigenvalue weighted by Gasteiger charge is -2.31. The van der Waals surface area contributed by atoms with E-state index >= 15 is 0 Å². The first-order valence-corrected chi connectivity index (χ1v) is 9.16. The maximum atomic E-state index is 5.40. The fraction of sp³-hybridized carbons (Fsp3) is 0.286. The summed E-state index contributed by atoms with van der Waals surface area (Å²) in [6, 6.07) is 14.5. The minimum absolute atomic E-state index is 0.566. The Hall–Kier alpha value is -2.95. The van der Waals surface area contributed by atoms with Gasteiger partial charge in [-0.2, -0.15) is 0 Å². The predicted molar refractivity (Wildman–Crippen MR) is 105 cm³/mol. The van der Waals surface area contributed by atoms with E-state index in [1.54, 1.807) is 7.11 Å². The van der Waals surface area contributed by atoms with Gasteiger partial charge in [-0.05, 0) is 54.7 Å². The van der Waals surface area contributed by atoms with Crippen LogP contribution in [-0.2, 0) is 0 Å². The standard InChI is InChI=1S/C21H22N4O/c1-26-15-6-7-18-16(12-15)17(13-22-18)14-8-10-25(11-9-14)21-23-19-4-2-3-5-20(19)24-21/h2-7,12-14,22H,8-11H2,1H3,(H,23,24). The van der Waals surface area contributed by atoms with Gasteiger partial charge < -0.3 is 19.6 Å². The zero-order valence-electron chi connectivity index (χ0n) is 14.8. The minimum Gasteiger partial charge on any atom is -0.497 e. The predicted octanol–water partition coefficient (Wildman–Crippen LogP) is 4.44. The maximum absolute atomic E-state index is 5.40. The number of anilines is 1. The summed E-state index contributed by atoms with van der Waals surface area (Å²) in [4.78, 5) is 14.0. The normalized spacial score (nSPS) is 15.8. The van der Waals surface area contributed by atoms with Gasteiger partial charge in [0.25, 0.3) is 0 Å². The molecule has 0 bridgehead atoms. The van der Waals surface area contributed by atoms with Crippen LogP contribution in [0, 0.1) is 0 Å². The van der Waals surface area contributed by atoms with E-state index in [0.29, 0.717) is 5.92 Å². The third kappa shape index (κ3) is 2.51. The molecule has 1 saturated heterocycles. The highest BCUT2D eigenvalue weighted by molar-refractivity contribution is 5.85. The number of imidazole rings is 1. The molecule has 5 rings (SSSR count). The van der Waals surface area contributed by atoms with E-state index in [0.717, 1.165) is 48.7 Å². The number of ether oxygens (including phenoxy) is 1. The van der Waals surface area contributed by atoms with Gasteiger partial charge >= 0.3 is 0 Å². The molecule has 1 aliphatic heterocycles. The highest BCUT2D eigenvalue weighted by Gasteiger charge is 2.24. The van der Waals surface area contributed by atoms with Crippen molar-refractivity contribution in [2.75, 3.05) is 25.1 Å². The molecule has 3 heterocycles. The minimum atomic E-state index is 0.566. The Bertz CT molecular complexity index is 1020. The third-order valence-corrected chi connectivity index (χ3v) is 5.53. The first kappa shape index (κ1) is 15.3. The highest BCUT2D eigenvalue weighted by Crippen LogP contribution is 2.35. The van der Waals surface area contributed by atoms with Crippen LogP contribution in [-0.4, -0.2) is 35.2 Å². The number of aromatic nitrogens is 3. The second-order valence-electron chi connectivity index (χ2n) is 6.99. The molecule has 0 spiro atoms. The zero-order valence-corrected chi connectivity index (χ0v) is 14.8. The van der Waals surface area contributed by atoms with Crippen LogP contribution in [0.4, 0.5) is 5.95 Å². The van der Waals surface area contributed by atoms with Gasteiger partial charge in [0.15, 0.2) is 0 Å². The lowest BCUT2D eigenvalue weighted by Crippen LogP contribution is -2.33. The molecule has 26 heavy (non-hydrogen) atoms. The number of piperidine rings is 1. The summed E-state index contributed by atoms with van der Waals surface area (Å²) in [7, 11) is 1.72. The van der Waals surface area contributed by atoms with Crippen LogP contribution in [0.3, 0.4) is 0 Å². The number of benzene rings is 2. The van der Waals surface area contributed by atoms with Crippen molar-refractivity contribution < 1.29 is 4.74 Å². The molecule has 2 N–H and O–H groups in total. The van der Waals surface area contributed by atoms with Crippen molar-refractivity contribution in [2.24, 2.45) is 0 Å². The monoisotopic (exact) mass is 346 g/mol. The average Bonchev–Trinajstić information content (AvgIpc) is 3.31. The Morgan fingerprint density at radius 1 is 1.08 bits per heavy atom. The number of methoxy groups -OCH3 is 1. The number of hydrogen-bond donors (Lipinski definition) is 2. The topological polar surface area (TPSA) is 56.9 Å². The van der Waals surface area contributed by atoms with E-state index in [4.69, 9.17) is 9.72 Å². The van der Waals surface area contributed by atoms with Crippen LogP contribution >= 0.6 is 0 Å². The van der Waals surface area contributed by atoms with Gasteiger partial charge in [0.1, 0.15) is 5.75 Å². The molecule has 0 atom stereocenters.